The summed E-state index contributed by atoms with van der Waals surface area (Å²) in [5, 5.41) is 0. The maximum Gasteiger partial charge on any atom is -0.147 e. The maximum absolute atomic E-state index is 2.30. The summed E-state index contributed by atoms with van der Waals surface area (Å²) in [7, 11) is 0. The molecule has 0 radical (unpaired) electrons. The van der Waals surface area contributed by atoms with E-state index in [1.165, 1.54) is 47.8 Å². The van der Waals surface area contributed by atoms with Crippen molar-refractivity contribution < 1.29 is 24.2 Å². The molecule has 0 saturated carbocycles. The van der Waals surface area contributed by atoms with Gasteiger partial charge in [0.1, 0.15) is 0 Å². The molecule has 0 heterocycles. The monoisotopic (exact) mass is 614 g/mol. The molecular formula is C35H34Cl2Zr. The Morgan fingerprint density at radius 3 is 1.26 bits per heavy atom. The van der Waals surface area contributed by atoms with E-state index in [9.17, 15) is 0 Å². The zero-order valence-electron chi connectivity index (χ0n) is 21.9. The van der Waals surface area contributed by atoms with Crippen molar-refractivity contribution in [1.29, 1.82) is 0 Å². The number of fused-ring (bicyclic) bond motifs is 2. The molecule has 0 unspecified atom stereocenters. The van der Waals surface area contributed by atoms with Gasteiger partial charge in [0.15, 0.2) is 0 Å². The molecule has 4 aliphatic rings. The van der Waals surface area contributed by atoms with E-state index in [0.717, 1.165) is 12.8 Å². The van der Waals surface area contributed by atoms with Crippen LogP contribution in [0.4, 0.5) is 0 Å². The van der Waals surface area contributed by atoms with E-state index in [0.29, 0.717) is 0 Å². The molecule has 2 aromatic rings. The van der Waals surface area contributed by atoms with Crippen molar-refractivity contribution in [1.82, 2.24) is 0 Å². The van der Waals surface area contributed by atoms with Gasteiger partial charge in [-0.05, 0) is 11.1 Å². The Bertz CT molecular complexity index is 1230. The smallest absolute Gasteiger partial charge is 0.147 e. The zero-order valence-corrected chi connectivity index (χ0v) is 26.0. The van der Waals surface area contributed by atoms with Crippen molar-refractivity contribution in [3.8, 4) is 0 Å². The van der Waals surface area contributed by atoms with Gasteiger partial charge < -0.3 is 0 Å². The first kappa shape index (κ1) is 31.6. The van der Waals surface area contributed by atoms with Gasteiger partial charge in [-0.25, -0.2) is 0 Å². The van der Waals surface area contributed by atoms with Crippen LogP contribution < -0.4 is 0 Å². The van der Waals surface area contributed by atoms with E-state index >= 15 is 0 Å². The normalized spacial score (nSPS) is 15.8. The number of allylic oxidation sites excluding steroid dienone is 16. The van der Waals surface area contributed by atoms with Crippen LogP contribution in [0.3, 0.4) is 0 Å². The second-order valence-corrected chi connectivity index (χ2v) is 11.5. The van der Waals surface area contributed by atoms with Crippen molar-refractivity contribution in [2.24, 2.45) is 0 Å². The molecule has 0 aliphatic heterocycles. The molecule has 0 fully saturated rings. The molecule has 4 aliphatic carbocycles. The van der Waals surface area contributed by atoms with Gasteiger partial charge in [-0.3, -0.25) is 0 Å². The standard InChI is InChI=1S/2C16H13.C3H6.2ClH.Zr/c2*1-2-7-13(8-3-1)15-11-5-4-9-14-10-6-12-16(14)15;1-3-2;;;/h2*1-5,7-12H,6H2;1-2H3;2*1H;/q2*-1;;;;+2. The third-order valence-electron chi connectivity index (χ3n) is 5.99. The van der Waals surface area contributed by atoms with Crippen molar-refractivity contribution in [3.63, 3.8) is 0 Å². The fourth-order valence-corrected chi connectivity index (χ4v) is 4.45. The van der Waals surface area contributed by atoms with Gasteiger partial charge in [-0.1, -0.05) is 109 Å². The van der Waals surface area contributed by atoms with Crippen LogP contribution >= 0.6 is 24.8 Å². The molecule has 6 rings (SSSR count). The summed E-state index contributed by atoms with van der Waals surface area (Å²) in [6, 6.07) is 21.2. The minimum absolute atomic E-state index is 0. The van der Waals surface area contributed by atoms with Crippen LogP contribution in [-0.2, 0) is 24.2 Å². The number of halogens is 2. The molecule has 0 atom stereocenters. The molecule has 0 nitrogen and oxygen atoms in total. The molecule has 3 heteroatoms. The van der Waals surface area contributed by atoms with Crippen LogP contribution in [0, 0.1) is 12.8 Å². The first-order valence-corrected chi connectivity index (χ1v) is 13.7. The number of benzene rings is 2. The van der Waals surface area contributed by atoms with Gasteiger partial charge in [0, 0.05) is 0 Å². The van der Waals surface area contributed by atoms with Gasteiger partial charge in [0.25, 0.3) is 0 Å². The Morgan fingerprint density at radius 1 is 0.553 bits per heavy atom. The third kappa shape index (κ3) is 8.74. The molecule has 192 valence electrons. The van der Waals surface area contributed by atoms with Crippen LogP contribution in [0.25, 0.3) is 11.1 Å². The van der Waals surface area contributed by atoms with Gasteiger partial charge >= 0.3 is 41.3 Å². The summed E-state index contributed by atoms with van der Waals surface area (Å²) in [5.74, 6) is 0. The van der Waals surface area contributed by atoms with Gasteiger partial charge in [-0.2, -0.15) is 36.1 Å². The van der Waals surface area contributed by atoms with Crippen LogP contribution in [0.2, 0.25) is 0 Å². The minimum Gasteiger partial charge on any atom is -0.147 e. The minimum atomic E-state index is 0. The predicted molar refractivity (Wildman–Crippen MR) is 168 cm³/mol. The van der Waals surface area contributed by atoms with E-state index in [1.54, 1.807) is 24.2 Å². The Kier molecular flexibility index (Phi) is 13.7. The van der Waals surface area contributed by atoms with Gasteiger partial charge in [0.2, 0.25) is 0 Å². The summed E-state index contributed by atoms with van der Waals surface area (Å²) in [4.78, 5) is 0. The first-order valence-electron chi connectivity index (χ1n) is 12.5. The summed E-state index contributed by atoms with van der Waals surface area (Å²) in [6.45, 7) is 4.25. The molecule has 0 N–H and O–H groups in total. The predicted octanol–water partition coefficient (Wildman–Crippen LogP) is 9.79. The van der Waals surface area contributed by atoms with Gasteiger partial charge in [0.05, 0.1) is 0 Å². The fraction of sp³-hybridized carbons (Fsp3) is 0.114. The van der Waals surface area contributed by atoms with E-state index in [4.69, 9.17) is 0 Å². The maximum atomic E-state index is 2.30. The Balaban J connectivity index is 0.000000224. The topological polar surface area (TPSA) is 0 Å². The second kappa shape index (κ2) is 16.4. The average Bonchev–Trinajstić information content (AvgIpc) is 3.45. The quantitative estimate of drug-likeness (QED) is 0.295. The Hall–Kier alpha value is -2.57. The van der Waals surface area contributed by atoms with Crippen LogP contribution in [-0.4, -0.2) is 3.21 Å². The second-order valence-electron chi connectivity index (χ2n) is 9.02. The fourth-order valence-electron chi connectivity index (χ4n) is 4.45. The Morgan fingerprint density at radius 2 is 0.895 bits per heavy atom. The molecule has 0 saturated heterocycles. The molecule has 0 bridgehead atoms. The number of hydrogen-bond acceptors (Lipinski definition) is 0. The zero-order chi connectivity index (χ0) is 25.2. The third-order valence-corrected chi connectivity index (χ3v) is 5.99. The van der Waals surface area contributed by atoms with Crippen molar-refractivity contribution in [2.75, 3.05) is 0 Å². The van der Waals surface area contributed by atoms with E-state index in [1.807, 2.05) is 0 Å². The van der Waals surface area contributed by atoms with Crippen LogP contribution in [0.1, 0.15) is 37.8 Å². The first-order chi connectivity index (χ1) is 17.6. The van der Waals surface area contributed by atoms with E-state index in [2.05, 4.69) is 148 Å². The van der Waals surface area contributed by atoms with Crippen molar-refractivity contribution in [3.05, 3.63) is 168 Å². The largest absolute Gasteiger partial charge is 0.147 e. The molecule has 38 heavy (non-hydrogen) atoms. The van der Waals surface area contributed by atoms with Gasteiger partial charge in [-0.15, -0.1) is 60.3 Å². The summed E-state index contributed by atoms with van der Waals surface area (Å²) in [5.41, 5.74) is 10.7. The molecule has 0 spiro atoms. The molecular weight excluding hydrogens is 583 g/mol. The average molecular weight is 617 g/mol. The number of hydrogen-bond donors (Lipinski definition) is 0. The number of rotatable bonds is 2. The van der Waals surface area contributed by atoms with Crippen molar-refractivity contribution in [2.45, 2.75) is 26.7 Å². The van der Waals surface area contributed by atoms with Crippen molar-refractivity contribution >= 4 is 39.2 Å². The summed E-state index contributed by atoms with van der Waals surface area (Å²) in [6.07, 6.45) is 28.5. The van der Waals surface area contributed by atoms with Crippen LogP contribution in [0.5, 0.6) is 0 Å². The Labute approximate surface area is 256 Å². The van der Waals surface area contributed by atoms with E-state index in [-0.39, 0.29) is 24.8 Å². The van der Waals surface area contributed by atoms with Crippen LogP contribution in [0.15, 0.2) is 144 Å². The van der Waals surface area contributed by atoms with E-state index < -0.39 is 0 Å². The molecule has 2 aromatic carbocycles. The SMILES string of the molecule is C1=CC=C(c2ccccc2)C2=CC[CH-]C2=C1.C1=CC=C(c2ccccc2)C2=CC[CH-]C2=C1.C[C](C)=[Zr+2].Cl.Cl. The molecule has 0 aromatic heterocycles. The molecule has 0 amide bonds. The summed E-state index contributed by atoms with van der Waals surface area (Å²) < 4.78 is 1.51. The summed E-state index contributed by atoms with van der Waals surface area (Å²) >= 11 is 1.55.